The van der Waals surface area contributed by atoms with Crippen LogP contribution >= 0.6 is 0 Å². The molecular weight excluding hydrogens is 226 g/mol. The van der Waals surface area contributed by atoms with E-state index < -0.39 is 0 Å². The largest absolute Gasteiger partial charge is 0.381 e. The van der Waals surface area contributed by atoms with Gasteiger partial charge >= 0.3 is 0 Å². The minimum atomic E-state index is 0.138. The summed E-state index contributed by atoms with van der Waals surface area (Å²) in [5.74, 6) is 0.486. The first-order valence-electron chi connectivity index (χ1n) is 7.31. The van der Waals surface area contributed by atoms with E-state index in [1.54, 1.807) is 0 Å². The predicted octanol–water partition coefficient (Wildman–Crippen LogP) is 2.37. The third-order valence-electron chi connectivity index (χ3n) is 4.81. The minimum absolute atomic E-state index is 0.138. The van der Waals surface area contributed by atoms with Crippen LogP contribution in [0.2, 0.25) is 0 Å². The highest BCUT2D eigenvalue weighted by Crippen LogP contribution is 2.41. The Labute approximate surface area is 109 Å². The molecule has 18 heavy (non-hydrogen) atoms. The molecule has 2 saturated heterocycles. The molecule has 100 valence electrons. The van der Waals surface area contributed by atoms with Crippen LogP contribution in [0.4, 0.5) is 0 Å². The molecule has 0 unspecified atom stereocenters. The van der Waals surface area contributed by atoms with Gasteiger partial charge in [0, 0.05) is 19.7 Å². The van der Waals surface area contributed by atoms with Gasteiger partial charge < -0.3 is 9.64 Å². The van der Waals surface area contributed by atoms with Gasteiger partial charge in [-0.05, 0) is 43.9 Å². The zero-order valence-electron chi connectivity index (χ0n) is 11.1. The number of amides is 1. The van der Waals surface area contributed by atoms with Gasteiger partial charge in [0.25, 0.3) is 0 Å². The zero-order chi connectivity index (χ0) is 12.4. The average molecular weight is 249 g/mol. The Morgan fingerprint density at radius 3 is 3.00 bits per heavy atom. The Bertz CT molecular complexity index is 346. The summed E-state index contributed by atoms with van der Waals surface area (Å²) in [5.41, 5.74) is 0.391. The third-order valence-corrected chi connectivity index (χ3v) is 4.81. The molecule has 1 amide bonds. The molecular formula is C15H23NO2. The van der Waals surface area contributed by atoms with Crippen molar-refractivity contribution in [1.82, 2.24) is 4.90 Å². The molecule has 0 aromatic rings. The number of carbonyl (C=O) groups is 1. The summed E-state index contributed by atoms with van der Waals surface area (Å²) in [5, 5.41) is 0. The van der Waals surface area contributed by atoms with E-state index in [0.717, 1.165) is 32.5 Å². The number of nitrogens with zero attached hydrogens (tertiary/aromatic N) is 1. The first-order chi connectivity index (χ1) is 8.79. The van der Waals surface area contributed by atoms with Crippen LogP contribution in [-0.2, 0) is 9.53 Å². The fourth-order valence-electron chi connectivity index (χ4n) is 3.70. The number of likely N-dealkylation sites (tertiary alicyclic amines) is 1. The summed E-state index contributed by atoms with van der Waals surface area (Å²) < 4.78 is 5.35. The highest BCUT2D eigenvalue weighted by Gasteiger charge is 2.38. The van der Waals surface area contributed by atoms with Crippen LogP contribution in [0.3, 0.4) is 0 Å². The quantitative estimate of drug-likeness (QED) is 0.668. The number of hydrogen-bond acceptors (Lipinski definition) is 2. The highest BCUT2D eigenvalue weighted by molar-refractivity contribution is 5.79. The second kappa shape index (κ2) is 5.04. The minimum Gasteiger partial charge on any atom is -0.381 e. The molecule has 0 saturated carbocycles. The number of allylic oxidation sites excluding steroid dienone is 2. The van der Waals surface area contributed by atoms with Gasteiger partial charge in [-0.15, -0.1) is 0 Å². The van der Waals surface area contributed by atoms with Gasteiger partial charge in [-0.2, -0.15) is 0 Å². The topological polar surface area (TPSA) is 29.5 Å². The van der Waals surface area contributed by atoms with Crippen molar-refractivity contribution < 1.29 is 9.53 Å². The zero-order valence-corrected chi connectivity index (χ0v) is 11.1. The van der Waals surface area contributed by atoms with Gasteiger partial charge in [0.05, 0.1) is 12.5 Å². The van der Waals surface area contributed by atoms with E-state index in [1.165, 1.54) is 25.7 Å². The Hall–Kier alpha value is -0.830. The van der Waals surface area contributed by atoms with E-state index in [0.29, 0.717) is 17.9 Å². The molecule has 3 aliphatic rings. The van der Waals surface area contributed by atoms with Gasteiger partial charge in [-0.1, -0.05) is 12.2 Å². The van der Waals surface area contributed by atoms with Crippen molar-refractivity contribution in [1.29, 1.82) is 0 Å². The molecule has 0 bridgehead atoms. The Morgan fingerprint density at radius 1 is 1.33 bits per heavy atom. The van der Waals surface area contributed by atoms with E-state index in [4.69, 9.17) is 4.74 Å². The number of rotatable bonds is 1. The monoisotopic (exact) mass is 249 g/mol. The maximum atomic E-state index is 12.5. The lowest BCUT2D eigenvalue weighted by molar-refractivity contribution is -0.139. The molecule has 0 N–H and O–H groups in total. The second-order valence-electron chi connectivity index (χ2n) is 6.14. The van der Waals surface area contributed by atoms with E-state index in [-0.39, 0.29) is 5.92 Å². The lowest BCUT2D eigenvalue weighted by Crippen LogP contribution is -2.48. The molecule has 3 nitrogen and oxygen atoms in total. The van der Waals surface area contributed by atoms with Crippen LogP contribution in [0.1, 0.15) is 38.5 Å². The van der Waals surface area contributed by atoms with Gasteiger partial charge in [-0.25, -0.2) is 0 Å². The van der Waals surface area contributed by atoms with Gasteiger partial charge in [0.2, 0.25) is 5.91 Å². The molecule has 3 rings (SSSR count). The lowest BCUT2D eigenvalue weighted by Gasteiger charge is -2.44. The fraction of sp³-hybridized carbons (Fsp3) is 0.800. The average Bonchev–Trinajstić information content (AvgIpc) is 2.93. The van der Waals surface area contributed by atoms with Crippen LogP contribution < -0.4 is 0 Å². The normalized spacial score (nSPS) is 36.2. The second-order valence-corrected chi connectivity index (χ2v) is 6.14. The highest BCUT2D eigenvalue weighted by atomic mass is 16.5. The van der Waals surface area contributed by atoms with Crippen molar-refractivity contribution in [3.63, 3.8) is 0 Å². The molecule has 3 heteroatoms. The number of piperidine rings is 1. The van der Waals surface area contributed by atoms with Crippen molar-refractivity contribution in [2.45, 2.75) is 38.5 Å². The van der Waals surface area contributed by atoms with Crippen LogP contribution in [0, 0.1) is 11.3 Å². The van der Waals surface area contributed by atoms with Gasteiger partial charge in [0.1, 0.15) is 0 Å². The molecule has 0 aromatic carbocycles. The Balaban J connectivity index is 1.66. The van der Waals surface area contributed by atoms with Crippen LogP contribution in [0.25, 0.3) is 0 Å². The maximum Gasteiger partial charge on any atom is 0.228 e. The lowest BCUT2D eigenvalue weighted by atomic mass is 9.71. The smallest absolute Gasteiger partial charge is 0.228 e. The third kappa shape index (κ3) is 2.33. The molecule has 1 aliphatic carbocycles. The molecule has 2 heterocycles. The summed E-state index contributed by atoms with van der Waals surface area (Å²) in [4.78, 5) is 14.6. The van der Waals surface area contributed by atoms with E-state index in [9.17, 15) is 4.79 Å². The Morgan fingerprint density at radius 2 is 2.28 bits per heavy atom. The van der Waals surface area contributed by atoms with Crippen LogP contribution in [-0.4, -0.2) is 37.1 Å². The molecule has 0 radical (unpaired) electrons. The van der Waals surface area contributed by atoms with Gasteiger partial charge in [0.15, 0.2) is 0 Å². The summed E-state index contributed by atoms with van der Waals surface area (Å²) in [6.45, 7) is 3.34. The van der Waals surface area contributed by atoms with Crippen LogP contribution in [0.5, 0.6) is 0 Å². The van der Waals surface area contributed by atoms with Crippen molar-refractivity contribution >= 4 is 5.91 Å². The summed E-state index contributed by atoms with van der Waals surface area (Å²) in [6, 6.07) is 0. The predicted molar refractivity (Wildman–Crippen MR) is 70.2 cm³/mol. The first kappa shape index (κ1) is 12.2. The molecule has 2 fully saturated rings. The molecule has 1 spiro atoms. The number of carbonyl (C=O) groups excluding carboxylic acids is 1. The van der Waals surface area contributed by atoms with E-state index in [1.807, 2.05) is 0 Å². The first-order valence-corrected chi connectivity index (χ1v) is 7.31. The van der Waals surface area contributed by atoms with E-state index >= 15 is 0 Å². The molecule has 0 aromatic heterocycles. The Kier molecular flexibility index (Phi) is 3.42. The van der Waals surface area contributed by atoms with Crippen molar-refractivity contribution in [3.8, 4) is 0 Å². The number of hydrogen-bond donors (Lipinski definition) is 0. The SMILES string of the molecule is O=C([C@@H]1CCOC1)N1CCC[C@]2(CC=CCC2)C1. The van der Waals surface area contributed by atoms with Crippen molar-refractivity contribution in [2.75, 3.05) is 26.3 Å². The van der Waals surface area contributed by atoms with E-state index in [2.05, 4.69) is 17.1 Å². The van der Waals surface area contributed by atoms with Crippen molar-refractivity contribution in [2.24, 2.45) is 11.3 Å². The standard InChI is InChI=1S/C15H23NO2/c17-14(13-5-10-18-11-13)16-9-4-8-15(12-16)6-2-1-3-7-15/h1-2,13H,3-12H2/t13-,15-/m1/s1. The summed E-state index contributed by atoms with van der Waals surface area (Å²) in [6.07, 6.45) is 11.6. The molecule has 2 aliphatic heterocycles. The van der Waals surface area contributed by atoms with Crippen LogP contribution in [0.15, 0.2) is 12.2 Å². The summed E-state index contributed by atoms with van der Waals surface area (Å²) in [7, 11) is 0. The summed E-state index contributed by atoms with van der Waals surface area (Å²) >= 11 is 0. The maximum absolute atomic E-state index is 12.5. The fourth-order valence-corrected chi connectivity index (χ4v) is 3.70. The molecule has 2 atom stereocenters. The van der Waals surface area contributed by atoms with Gasteiger partial charge in [-0.3, -0.25) is 4.79 Å². The van der Waals surface area contributed by atoms with Crippen molar-refractivity contribution in [3.05, 3.63) is 12.2 Å². The number of ether oxygens (including phenoxy) is 1.